The zero-order valence-electron chi connectivity index (χ0n) is 9.29. The molecule has 15 heavy (non-hydrogen) atoms. The predicted octanol–water partition coefficient (Wildman–Crippen LogP) is 1.85. The van der Waals surface area contributed by atoms with Gasteiger partial charge in [0.25, 0.3) is 0 Å². The van der Waals surface area contributed by atoms with Crippen molar-refractivity contribution in [2.75, 3.05) is 13.7 Å². The van der Waals surface area contributed by atoms with Crippen molar-refractivity contribution in [3.63, 3.8) is 0 Å². The lowest BCUT2D eigenvalue weighted by molar-refractivity contribution is 0.408. The number of terminal acetylenes is 1. The molecule has 1 aromatic rings. The molecule has 0 aliphatic heterocycles. The number of para-hydroxylation sites is 1. The van der Waals surface area contributed by atoms with Crippen LogP contribution in [0, 0.1) is 12.3 Å². The molecule has 0 saturated heterocycles. The Kier molecular flexibility index (Phi) is 4.73. The molecule has 0 aliphatic carbocycles. The highest BCUT2D eigenvalue weighted by Gasteiger charge is 2.08. The van der Waals surface area contributed by atoms with Crippen LogP contribution < -0.4 is 10.1 Å². The number of nitrogens with one attached hydrogen (secondary N) is 1. The van der Waals surface area contributed by atoms with Gasteiger partial charge in [-0.25, -0.2) is 0 Å². The lowest BCUT2D eigenvalue weighted by Crippen LogP contribution is -2.29. The Balaban J connectivity index is 2.74. The molecular formula is C13H17NO. The fraction of sp³-hybridized carbons (Fsp3) is 0.385. The highest BCUT2D eigenvalue weighted by molar-refractivity contribution is 5.34. The standard InChI is InChI=1S/C13H17NO/c1-4-12(14-5-2)10-11-8-6-7-9-13(11)15-3/h1,6-9,12,14H,5,10H2,2-3H3. The molecule has 0 amide bonds. The Labute approximate surface area is 91.6 Å². The summed E-state index contributed by atoms with van der Waals surface area (Å²) in [6.45, 7) is 2.93. The van der Waals surface area contributed by atoms with Crippen LogP contribution in [0.4, 0.5) is 0 Å². The normalized spacial score (nSPS) is 11.8. The third-order valence-corrected chi connectivity index (χ3v) is 2.27. The van der Waals surface area contributed by atoms with E-state index in [0.717, 1.165) is 24.3 Å². The summed E-state index contributed by atoms with van der Waals surface area (Å²) in [5, 5.41) is 3.24. The van der Waals surface area contributed by atoms with E-state index in [1.807, 2.05) is 31.2 Å². The Bertz CT molecular complexity index is 341. The number of likely N-dealkylation sites (N-methyl/N-ethyl adjacent to an activating group) is 1. The molecule has 0 fully saturated rings. The maximum absolute atomic E-state index is 5.44. The van der Waals surface area contributed by atoms with E-state index in [9.17, 15) is 0 Å². The first-order valence-corrected chi connectivity index (χ1v) is 5.13. The molecule has 1 rings (SSSR count). The zero-order valence-corrected chi connectivity index (χ0v) is 9.29. The first-order chi connectivity index (χ1) is 7.31. The van der Waals surface area contributed by atoms with Gasteiger partial charge in [0.15, 0.2) is 0 Å². The van der Waals surface area contributed by atoms with Crippen molar-refractivity contribution in [3.05, 3.63) is 29.8 Å². The van der Waals surface area contributed by atoms with E-state index in [2.05, 4.69) is 11.2 Å². The smallest absolute Gasteiger partial charge is 0.122 e. The van der Waals surface area contributed by atoms with E-state index in [-0.39, 0.29) is 6.04 Å². The van der Waals surface area contributed by atoms with Gasteiger partial charge in [-0.05, 0) is 18.2 Å². The van der Waals surface area contributed by atoms with Crippen molar-refractivity contribution in [2.24, 2.45) is 0 Å². The van der Waals surface area contributed by atoms with Crippen LogP contribution in [0.2, 0.25) is 0 Å². The number of methoxy groups -OCH3 is 1. The molecule has 2 heteroatoms. The van der Waals surface area contributed by atoms with Crippen molar-refractivity contribution in [1.82, 2.24) is 5.32 Å². The average molecular weight is 203 g/mol. The topological polar surface area (TPSA) is 21.3 Å². The molecule has 1 unspecified atom stereocenters. The van der Waals surface area contributed by atoms with Crippen LogP contribution >= 0.6 is 0 Å². The molecule has 80 valence electrons. The maximum Gasteiger partial charge on any atom is 0.122 e. The largest absolute Gasteiger partial charge is 0.496 e. The number of benzene rings is 1. The number of rotatable bonds is 5. The van der Waals surface area contributed by atoms with Crippen LogP contribution in [0.3, 0.4) is 0 Å². The van der Waals surface area contributed by atoms with Crippen LogP contribution in [0.15, 0.2) is 24.3 Å². The van der Waals surface area contributed by atoms with Crippen LogP contribution in [0.25, 0.3) is 0 Å². The Morgan fingerprint density at radius 2 is 2.20 bits per heavy atom. The van der Waals surface area contributed by atoms with Crippen LogP contribution in [0.5, 0.6) is 5.75 Å². The van der Waals surface area contributed by atoms with E-state index in [1.165, 1.54) is 0 Å². The first kappa shape index (κ1) is 11.6. The molecule has 0 aromatic heterocycles. The van der Waals surface area contributed by atoms with Gasteiger partial charge in [0.05, 0.1) is 13.2 Å². The van der Waals surface area contributed by atoms with Crippen molar-refractivity contribution in [2.45, 2.75) is 19.4 Å². The molecule has 0 aliphatic rings. The molecule has 1 N–H and O–H groups in total. The zero-order chi connectivity index (χ0) is 11.1. The van der Waals surface area contributed by atoms with Gasteiger partial charge < -0.3 is 10.1 Å². The highest BCUT2D eigenvalue weighted by atomic mass is 16.5. The van der Waals surface area contributed by atoms with Gasteiger partial charge in [-0.1, -0.05) is 31.0 Å². The van der Waals surface area contributed by atoms with Gasteiger partial charge >= 0.3 is 0 Å². The molecule has 2 nitrogen and oxygen atoms in total. The molecule has 0 saturated carbocycles. The third-order valence-electron chi connectivity index (χ3n) is 2.27. The van der Waals surface area contributed by atoms with Gasteiger partial charge in [0.1, 0.15) is 5.75 Å². The second-order valence-electron chi connectivity index (χ2n) is 3.29. The lowest BCUT2D eigenvalue weighted by atomic mass is 10.1. The maximum atomic E-state index is 5.44. The Morgan fingerprint density at radius 3 is 2.80 bits per heavy atom. The number of hydrogen-bond acceptors (Lipinski definition) is 2. The summed E-state index contributed by atoms with van der Waals surface area (Å²) in [5.74, 6) is 3.63. The first-order valence-electron chi connectivity index (χ1n) is 5.13. The van der Waals surface area contributed by atoms with Crippen LogP contribution in [-0.2, 0) is 6.42 Å². The summed E-state index contributed by atoms with van der Waals surface area (Å²) < 4.78 is 5.27. The Hall–Kier alpha value is -1.46. The summed E-state index contributed by atoms with van der Waals surface area (Å²) in [4.78, 5) is 0. The summed E-state index contributed by atoms with van der Waals surface area (Å²) in [5.41, 5.74) is 1.14. The minimum Gasteiger partial charge on any atom is -0.496 e. The third kappa shape index (κ3) is 3.30. The molecule has 0 bridgehead atoms. The summed E-state index contributed by atoms with van der Waals surface area (Å²) in [6.07, 6.45) is 6.24. The van der Waals surface area contributed by atoms with Gasteiger partial charge in [0, 0.05) is 6.42 Å². The molecule has 1 aromatic carbocycles. The van der Waals surface area contributed by atoms with Crippen molar-refractivity contribution < 1.29 is 4.74 Å². The molecular weight excluding hydrogens is 186 g/mol. The minimum absolute atomic E-state index is 0.0753. The number of hydrogen-bond donors (Lipinski definition) is 1. The monoisotopic (exact) mass is 203 g/mol. The van der Waals surface area contributed by atoms with Gasteiger partial charge in [-0.15, -0.1) is 6.42 Å². The van der Waals surface area contributed by atoms with Crippen molar-refractivity contribution in [3.8, 4) is 18.1 Å². The fourth-order valence-corrected chi connectivity index (χ4v) is 1.53. The van der Waals surface area contributed by atoms with Gasteiger partial charge in [-0.3, -0.25) is 0 Å². The molecule has 0 spiro atoms. The second kappa shape index (κ2) is 6.10. The van der Waals surface area contributed by atoms with E-state index in [1.54, 1.807) is 7.11 Å². The van der Waals surface area contributed by atoms with Crippen LogP contribution in [0.1, 0.15) is 12.5 Å². The second-order valence-corrected chi connectivity index (χ2v) is 3.29. The van der Waals surface area contributed by atoms with E-state index < -0.39 is 0 Å². The lowest BCUT2D eigenvalue weighted by Gasteiger charge is -2.13. The van der Waals surface area contributed by atoms with Crippen LogP contribution in [-0.4, -0.2) is 19.7 Å². The van der Waals surface area contributed by atoms with E-state index >= 15 is 0 Å². The van der Waals surface area contributed by atoms with Gasteiger partial charge in [0.2, 0.25) is 0 Å². The van der Waals surface area contributed by atoms with E-state index in [4.69, 9.17) is 11.2 Å². The van der Waals surface area contributed by atoms with E-state index in [0.29, 0.717) is 0 Å². The molecule has 1 atom stereocenters. The fourth-order valence-electron chi connectivity index (χ4n) is 1.53. The van der Waals surface area contributed by atoms with Gasteiger partial charge in [-0.2, -0.15) is 0 Å². The quantitative estimate of drug-likeness (QED) is 0.737. The van der Waals surface area contributed by atoms with Crippen molar-refractivity contribution >= 4 is 0 Å². The average Bonchev–Trinajstić information content (AvgIpc) is 2.29. The molecule has 0 radical (unpaired) electrons. The summed E-state index contributed by atoms with van der Waals surface area (Å²) >= 11 is 0. The number of ether oxygens (including phenoxy) is 1. The summed E-state index contributed by atoms with van der Waals surface area (Å²) in [6, 6.07) is 8.03. The predicted molar refractivity (Wildman–Crippen MR) is 63.0 cm³/mol. The molecule has 0 heterocycles. The summed E-state index contributed by atoms with van der Waals surface area (Å²) in [7, 11) is 1.68. The Morgan fingerprint density at radius 1 is 1.47 bits per heavy atom. The SMILES string of the molecule is C#CC(Cc1ccccc1OC)NCC. The minimum atomic E-state index is 0.0753. The van der Waals surface area contributed by atoms with Crippen molar-refractivity contribution in [1.29, 1.82) is 0 Å². The highest BCUT2D eigenvalue weighted by Crippen LogP contribution is 2.18.